The van der Waals surface area contributed by atoms with Crippen LogP contribution in [0.1, 0.15) is 19.3 Å². The first-order valence-corrected chi connectivity index (χ1v) is 11.7. The number of nitrogens with one attached hydrogen (secondary N) is 1. The van der Waals surface area contributed by atoms with Gasteiger partial charge in [0.1, 0.15) is 5.75 Å². The molecule has 1 aromatic carbocycles. The summed E-state index contributed by atoms with van der Waals surface area (Å²) >= 11 is 0. The smallest absolute Gasteiger partial charge is 0.225 e. The molecule has 0 radical (unpaired) electrons. The highest BCUT2D eigenvalue weighted by atomic mass is 127. The van der Waals surface area contributed by atoms with Crippen LogP contribution in [0.3, 0.4) is 0 Å². The van der Waals surface area contributed by atoms with Crippen LogP contribution in [-0.2, 0) is 4.79 Å². The fourth-order valence-corrected chi connectivity index (χ4v) is 4.65. The van der Waals surface area contributed by atoms with Crippen LogP contribution in [0.15, 0.2) is 29.3 Å². The Kier molecular flexibility index (Phi) is 9.27. The number of anilines is 1. The zero-order valence-corrected chi connectivity index (χ0v) is 21.4. The quantitative estimate of drug-likeness (QED) is 0.327. The number of phenols is 1. The van der Waals surface area contributed by atoms with E-state index >= 15 is 0 Å². The number of para-hydroxylation sites is 2. The second-order valence-electron chi connectivity index (χ2n) is 8.73. The molecule has 32 heavy (non-hydrogen) atoms. The van der Waals surface area contributed by atoms with Gasteiger partial charge in [0.25, 0.3) is 0 Å². The molecule has 2 N–H and O–H groups in total. The molecule has 2 saturated heterocycles. The summed E-state index contributed by atoms with van der Waals surface area (Å²) in [6.45, 7) is 8.90. The minimum absolute atomic E-state index is 0. The van der Waals surface area contributed by atoms with Gasteiger partial charge in [0, 0.05) is 78.4 Å². The molecule has 2 aliphatic heterocycles. The van der Waals surface area contributed by atoms with Crippen LogP contribution in [0.5, 0.6) is 5.75 Å². The second kappa shape index (κ2) is 11.9. The Morgan fingerprint density at radius 2 is 1.69 bits per heavy atom. The van der Waals surface area contributed by atoms with Gasteiger partial charge in [0.2, 0.25) is 5.91 Å². The Balaban J connectivity index is 0.00000289. The summed E-state index contributed by atoms with van der Waals surface area (Å²) < 4.78 is 0. The number of carbonyl (C=O) groups excluding carboxylic acids is 1. The third-order valence-corrected chi connectivity index (χ3v) is 6.86. The van der Waals surface area contributed by atoms with Gasteiger partial charge in [-0.3, -0.25) is 14.7 Å². The molecule has 3 fully saturated rings. The molecule has 3 aliphatic rings. The Bertz CT molecular complexity index is 772. The van der Waals surface area contributed by atoms with Crippen LogP contribution < -0.4 is 10.2 Å². The van der Waals surface area contributed by atoms with Crippen molar-refractivity contribution >= 4 is 41.5 Å². The van der Waals surface area contributed by atoms with Crippen molar-refractivity contribution in [3.63, 3.8) is 0 Å². The molecule has 0 aromatic heterocycles. The number of aliphatic imine (C=N–C) groups is 1. The van der Waals surface area contributed by atoms with E-state index in [0.29, 0.717) is 17.6 Å². The van der Waals surface area contributed by atoms with Gasteiger partial charge in [-0.2, -0.15) is 0 Å². The molecule has 9 heteroatoms. The molecule has 1 aliphatic carbocycles. The average Bonchev–Trinajstić information content (AvgIpc) is 2.76. The van der Waals surface area contributed by atoms with Crippen LogP contribution in [0.4, 0.5) is 5.69 Å². The van der Waals surface area contributed by atoms with E-state index in [0.717, 1.165) is 89.9 Å². The van der Waals surface area contributed by atoms with Gasteiger partial charge in [-0.25, -0.2) is 0 Å². The third kappa shape index (κ3) is 5.98. The SMILES string of the molecule is CN=C(NCCN1CCN(C(=O)C2CCC2)CC1)N1CCN(c2ccccc2O)CC1.I. The lowest BCUT2D eigenvalue weighted by Gasteiger charge is -2.39. The van der Waals surface area contributed by atoms with Gasteiger partial charge in [-0.1, -0.05) is 18.6 Å². The topological polar surface area (TPSA) is 74.7 Å². The summed E-state index contributed by atoms with van der Waals surface area (Å²) in [7, 11) is 1.84. The molecular weight excluding hydrogens is 519 g/mol. The molecule has 4 rings (SSSR count). The minimum Gasteiger partial charge on any atom is -0.506 e. The highest BCUT2D eigenvalue weighted by Crippen LogP contribution is 2.29. The molecule has 0 bridgehead atoms. The molecule has 1 aromatic rings. The lowest BCUT2D eigenvalue weighted by Crippen LogP contribution is -2.54. The van der Waals surface area contributed by atoms with Crippen LogP contribution in [-0.4, -0.2) is 104 Å². The first-order chi connectivity index (χ1) is 15.2. The summed E-state index contributed by atoms with van der Waals surface area (Å²) in [5.74, 6) is 1.97. The van der Waals surface area contributed by atoms with E-state index in [1.54, 1.807) is 6.07 Å². The molecule has 0 atom stereocenters. The van der Waals surface area contributed by atoms with Crippen molar-refractivity contribution in [3.05, 3.63) is 24.3 Å². The van der Waals surface area contributed by atoms with Crippen molar-refractivity contribution in [2.45, 2.75) is 19.3 Å². The van der Waals surface area contributed by atoms with Gasteiger partial charge < -0.3 is 25.1 Å². The monoisotopic (exact) mass is 556 g/mol. The highest BCUT2D eigenvalue weighted by Gasteiger charge is 2.31. The predicted molar refractivity (Wildman–Crippen MR) is 139 cm³/mol. The van der Waals surface area contributed by atoms with E-state index in [1.165, 1.54) is 6.42 Å². The normalized spacial score (nSPS) is 20.5. The zero-order chi connectivity index (χ0) is 21.6. The fourth-order valence-electron chi connectivity index (χ4n) is 4.65. The van der Waals surface area contributed by atoms with Crippen LogP contribution >= 0.6 is 24.0 Å². The Morgan fingerprint density at radius 1 is 1.03 bits per heavy atom. The number of guanidine groups is 1. The van der Waals surface area contributed by atoms with Crippen molar-refractivity contribution in [2.24, 2.45) is 10.9 Å². The first kappa shape index (κ1) is 24.9. The molecule has 0 spiro atoms. The molecular formula is C23H37IN6O2. The van der Waals surface area contributed by atoms with Crippen molar-refractivity contribution in [1.29, 1.82) is 0 Å². The number of piperazine rings is 2. The first-order valence-electron chi connectivity index (χ1n) is 11.7. The Morgan fingerprint density at radius 3 is 2.28 bits per heavy atom. The Hall–Kier alpha value is -1.75. The maximum atomic E-state index is 12.4. The molecule has 8 nitrogen and oxygen atoms in total. The van der Waals surface area contributed by atoms with E-state index in [9.17, 15) is 9.90 Å². The summed E-state index contributed by atoms with van der Waals surface area (Å²) in [5, 5.41) is 13.6. The van der Waals surface area contributed by atoms with Crippen molar-refractivity contribution in [1.82, 2.24) is 20.0 Å². The van der Waals surface area contributed by atoms with Crippen LogP contribution in [0, 0.1) is 5.92 Å². The predicted octanol–water partition coefficient (Wildman–Crippen LogP) is 1.65. The minimum atomic E-state index is 0. The molecule has 1 saturated carbocycles. The van der Waals surface area contributed by atoms with E-state index in [-0.39, 0.29) is 24.0 Å². The maximum absolute atomic E-state index is 12.4. The Labute approximate surface area is 208 Å². The van der Waals surface area contributed by atoms with E-state index in [1.807, 2.05) is 25.2 Å². The maximum Gasteiger partial charge on any atom is 0.225 e. The summed E-state index contributed by atoms with van der Waals surface area (Å²) in [6.07, 6.45) is 3.39. The lowest BCUT2D eigenvalue weighted by atomic mass is 9.84. The summed E-state index contributed by atoms with van der Waals surface area (Å²) in [4.78, 5) is 25.9. The molecule has 1 amide bonds. The van der Waals surface area contributed by atoms with E-state index < -0.39 is 0 Å². The van der Waals surface area contributed by atoms with Gasteiger partial charge in [-0.05, 0) is 25.0 Å². The molecule has 178 valence electrons. The zero-order valence-electron chi connectivity index (χ0n) is 19.1. The number of hydrogen-bond donors (Lipinski definition) is 2. The van der Waals surface area contributed by atoms with Gasteiger partial charge >= 0.3 is 0 Å². The summed E-state index contributed by atoms with van der Waals surface area (Å²) in [5.41, 5.74) is 0.903. The van der Waals surface area contributed by atoms with Crippen molar-refractivity contribution < 1.29 is 9.90 Å². The van der Waals surface area contributed by atoms with E-state index in [4.69, 9.17) is 0 Å². The van der Waals surface area contributed by atoms with Gasteiger partial charge in [0.05, 0.1) is 5.69 Å². The number of nitrogens with zero attached hydrogens (tertiary/aromatic N) is 5. The van der Waals surface area contributed by atoms with Gasteiger partial charge in [-0.15, -0.1) is 24.0 Å². The number of hydrogen-bond acceptors (Lipinski definition) is 5. The van der Waals surface area contributed by atoms with Crippen LogP contribution in [0.25, 0.3) is 0 Å². The number of amides is 1. The molecule has 0 unspecified atom stereocenters. The standard InChI is InChI=1S/C23H36N6O2.HI/c1-24-23(29-17-15-27(16-18-29)20-7-2-3-8-21(20)30)25-9-10-26-11-13-28(14-12-26)22(31)19-5-4-6-19;/h2-3,7-8,19,30H,4-6,9-18H2,1H3,(H,24,25);1H. The summed E-state index contributed by atoms with van der Waals surface area (Å²) in [6, 6.07) is 7.53. The molecule has 2 heterocycles. The van der Waals surface area contributed by atoms with Gasteiger partial charge in [0.15, 0.2) is 5.96 Å². The van der Waals surface area contributed by atoms with E-state index in [2.05, 4.69) is 29.9 Å². The number of phenolic OH excluding ortho intramolecular Hbond substituents is 1. The third-order valence-electron chi connectivity index (χ3n) is 6.86. The lowest BCUT2D eigenvalue weighted by molar-refractivity contribution is -0.139. The number of benzene rings is 1. The average molecular weight is 556 g/mol. The van der Waals surface area contributed by atoms with Crippen molar-refractivity contribution in [2.75, 3.05) is 77.4 Å². The number of rotatable bonds is 5. The number of carbonyl (C=O) groups is 1. The number of aromatic hydroxyl groups is 1. The second-order valence-corrected chi connectivity index (χ2v) is 8.73. The van der Waals surface area contributed by atoms with Crippen LogP contribution in [0.2, 0.25) is 0 Å². The highest BCUT2D eigenvalue weighted by molar-refractivity contribution is 14.0. The fraction of sp³-hybridized carbons (Fsp3) is 0.652. The van der Waals surface area contributed by atoms with Crippen molar-refractivity contribution in [3.8, 4) is 5.75 Å². The largest absolute Gasteiger partial charge is 0.506 e. The number of halogens is 1.